The number of benzene rings is 1. The molecule has 0 saturated heterocycles. The molecule has 0 saturated carbocycles. The smallest absolute Gasteiger partial charge is 0.210 e. The van der Waals surface area contributed by atoms with Gasteiger partial charge in [0.2, 0.25) is 5.13 Å². The average Bonchev–Trinajstić information content (AvgIpc) is 2.85. The van der Waals surface area contributed by atoms with E-state index >= 15 is 0 Å². The molecule has 0 amide bonds. The van der Waals surface area contributed by atoms with Crippen LogP contribution in [0.15, 0.2) is 28.6 Å². The maximum Gasteiger partial charge on any atom is 0.210 e. The molecule has 0 aliphatic rings. The van der Waals surface area contributed by atoms with Gasteiger partial charge in [0.15, 0.2) is 4.34 Å². The molecule has 0 aliphatic carbocycles. The van der Waals surface area contributed by atoms with Crippen LogP contribution in [0.25, 0.3) is 0 Å². The van der Waals surface area contributed by atoms with E-state index in [4.69, 9.17) is 11.6 Å². The lowest BCUT2D eigenvalue weighted by atomic mass is 10.3. The van der Waals surface area contributed by atoms with Crippen molar-refractivity contribution < 1.29 is 0 Å². The van der Waals surface area contributed by atoms with Gasteiger partial charge in [-0.3, -0.25) is 0 Å². The zero-order valence-corrected chi connectivity index (χ0v) is 13.6. The van der Waals surface area contributed by atoms with Gasteiger partial charge >= 0.3 is 0 Å². The highest BCUT2D eigenvalue weighted by atomic mass is 35.5. The zero-order chi connectivity index (χ0) is 13.5. The first-order chi connectivity index (χ1) is 9.28. The lowest BCUT2D eigenvalue weighted by Crippen LogP contribution is -1.88. The van der Waals surface area contributed by atoms with Crippen LogP contribution < -0.4 is 5.32 Å². The molecular formula is C12H14ClN3S3. The standard InChI is InChI=1S/C12H14ClN3S3/c1-2-3-8-17-19-12-16-15-11(18-12)14-10-6-4-9(13)5-7-10/h4-7H,2-3,8H2,1H3,(H,14,15). The fourth-order valence-electron chi connectivity index (χ4n) is 1.25. The van der Waals surface area contributed by atoms with Crippen LogP contribution in [0.3, 0.4) is 0 Å². The molecule has 0 radical (unpaired) electrons. The second-order valence-corrected chi connectivity index (χ2v) is 7.84. The topological polar surface area (TPSA) is 37.8 Å². The number of nitrogens with zero attached hydrogens (tertiary/aromatic N) is 2. The van der Waals surface area contributed by atoms with Crippen LogP contribution >= 0.6 is 44.5 Å². The van der Waals surface area contributed by atoms with E-state index in [1.54, 1.807) is 22.1 Å². The summed E-state index contributed by atoms with van der Waals surface area (Å²) in [4.78, 5) is 0. The molecule has 2 aromatic rings. The Labute approximate surface area is 129 Å². The molecule has 19 heavy (non-hydrogen) atoms. The van der Waals surface area contributed by atoms with Crippen molar-refractivity contribution in [2.45, 2.75) is 24.1 Å². The van der Waals surface area contributed by atoms with Gasteiger partial charge in [-0.05, 0) is 41.5 Å². The minimum absolute atomic E-state index is 0.728. The predicted octanol–water partition coefficient (Wildman–Crippen LogP) is 5.48. The lowest BCUT2D eigenvalue weighted by Gasteiger charge is -2.00. The van der Waals surface area contributed by atoms with Gasteiger partial charge in [0, 0.05) is 16.5 Å². The Balaban J connectivity index is 1.85. The van der Waals surface area contributed by atoms with Gasteiger partial charge in [-0.15, -0.1) is 10.2 Å². The van der Waals surface area contributed by atoms with Crippen molar-refractivity contribution in [1.29, 1.82) is 0 Å². The molecule has 3 nitrogen and oxygen atoms in total. The Hall–Kier alpha value is -0.430. The quantitative estimate of drug-likeness (QED) is 0.537. The van der Waals surface area contributed by atoms with Gasteiger partial charge in [0.05, 0.1) is 0 Å². The minimum Gasteiger partial charge on any atom is -0.330 e. The Bertz CT molecular complexity index is 501. The normalized spacial score (nSPS) is 10.6. The molecule has 0 spiro atoms. The molecule has 7 heteroatoms. The first-order valence-electron chi connectivity index (χ1n) is 5.93. The van der Waals surface area contributed by atoms with E-state index in [-0.39, 0.29) is 0 Å². The molecule has 1 N–H and O–H groups in total. The highest BCUT2D eigenvalue weighted by Gasteiger charge is 2.05. The maximum atomic E-state index is 5.84. The van der Waals surface area contributed by atoms with Crippen molar-refractivity contribution in [2.24, 2.45) is 0 Å². The van der Waals surface area contributed by atoms with Crippen LogP contribution in [-0.2, 0) is 0 Å². The monoisotopic (exact) mass is 331 g/mol. The minimum atomic E-state index is 0.728. The number of anilines is 2. The van der Waals surface area contributed by atoms with Gasteiger partial charge in [0.25, 0.3) is 0 Å². The van der Waals surface area contributed by atoms with E-state index in [9.17, 15) is 0 Å². The molecule has 2 rings (SSSR count). The summed E-state index contributed by atoms with van der Waals surface area (Å²) in [6.07, 6.45) is 2.47. The molecule has 0 fully saturated rings. The Morgan fingerprint density at radius 3 is 2.79 bits per heavy atom. The predicted molar refractivity (Wildman–Crippen MR) is 87.9 cm³/mol. The molecule has 0 atom stereocenters. The van der Waals surface area contributed by atoms with Crippen molar-refractivity contribution in [1.82, 2.24) is 10.2 Å². The number of aromatic nitrogens is 2. The fraction of sp³-hybridized carbons (Fsp3) is 0.333. The molecular weight excluding hydrogens is 318 g/mol. The maximum absolute atomic E-state index is 5.84. The largest absolute Gasteiger partial charge is 0.330 e. The van der Waals surface area contributed by atoms with Gasteiger partial charge in [-0.1, -0.05) is 47.1 Å². The zero-order valence-electron chi connectivity index (χ0n) is 10.4. The van der Waals surface area contributed by atoms with Crippen molar-refractivity contribution in [3.05, 3.63) is 29.3 Å². The molecule has 1 aromatic carbocycles. The Kier molecular flexibility index (Phi) is 6.30. The van der Waals surface area contributed by atoms with Gasteiger partial charge in [-0.2, -0.15) is 0 Å². The van der Waals surface area contributed by atoms with Crippen LogP contribution in [0.4, 0.5) is 10.8 Å². The lowest BCUT2D eigenvalue weighted by molar-refractivity contribution is 0.898. The summed E-state index contributed by atoms with van der Waals surface area (Å²) >= 11 is 7.41. The van der Waals surface area contributed by atoms with Crippen molar-refractivity contribution in [3.8, 4) is 0 Å². The van der Waals surface area contributed by atoms with Crippen LogP contribution in [0.2, 0.25) is 5.02 Å². The van der Waals surface area contributed by atoms with E-state index < -0.39 is 0 Å². The van der Waals surface area contributed by atoms with E-state index in [1.165, 1.54) is 12.8 Å². The molecule has 0 aliphatic heterocycles. The first-order valence-corrected chi connectivity index (χ1v) is 9.45. The fourth-order valence-corrected chi connectivity index (χ4v) is 4.65. The number of hydrogen-bond donors (Lipinski definition) is 1. The third-order valence-electron chi connectivity index (χ3n) is 2.21. The van der Waals surface area contributed by atoms with Crippen molar-refractivity contribution in [3.63, 3.8) is 0 Å². The summed E-state index contributed by atoms with van der Waals surface area (Å²) in [5, 5.41) is 13.0. The molecule has 1 aromatic heterocycles. The van der Waals surface area contributed by atoms with Crippen molar-refractivity contribution >= 4 is 55.3 Å². The number of rotatable bonds is 7. The molecule has 102 valence electrons. The third-order valence-corrected chi connectivity index (χ3v) is 6.04. The summed E-state index contributed by atoms with van der Waals surface area (Å²) in [6, 6.07) is 7.54. The van der Waals surface area contributed by atoms with E-state index in [0.717, 1.165) is 25.9 Å². The highest BCUT2D eigenvalue weighted by molar-refractivity contribution is 8.77. The summed E-state index contributed by atoms with van der Waals surface area (Å²) in [5.41, 5.74) is 0.968. The third kappa shape index (κ3) is 5.22. The van der Waals surface area contributed by atoms with Gasteiger partial charge in [-0.25, -0.2) is 0 Å². The second-order valence-electron chi connectivity index (χ2n) is 3.76. The number of hydrogen-bond acceptors (Lipinski definition) is 6. The number of halogens is 1. The van der Waals surface area contributed by atoms with Crippen LogP contribution in [0.1, 0.15) is 19.8 Å². The Morgan fingerprint density at radius 2 is 2.05 bits per heavy atom. The molecule has 0 unspecified atom stereocenters. The summed E-state index contributed by atoms with van der Waals surface area (Å²) in [5.74, 6) is 1.15. The Morgan fingerprint density at radius 1 is 1.26 bits per heavy atom. The van der Waals surface area contributed by atoms with E-state index in [0.29, 0.717) is 0 Å². The molecule has 0 bridgehead atoms. The summed E-state index contributed by atoms with van der Waals surface area (Å²) < 4.78 is 0.984. The summed E-state index contributed by atoms with van der Waals surface area (Å²) in [6.45, 7) is 2.20. The average molecular weight is 332 g/mol. The van der Waals surface area contributed by atoms with Crippen LogP contribution in [0, 0.1) is 0 Å². The highest BCUT2D eigenvalue weighted by Crippen LogP contribution is 2.35. The van der Waals surface area contributed by atoms with Gasteiger partial charge < -0.3 is 5.32 Å². The van der Waals surface area contributed by atoms with E-state index in [1.807, 2.05) is 35.1 Å². The number of unbranched alkanes of at least 4 members (excludes halogenated alkanes) is 1. The summed E-state index contributed by atoms with van der Waals surface area (Å²) in [7, 11) is 3.53. The number of nitrogens with one attached hydrogen (secondary N) is 1. The second kappa shape index (κ2) is 7.99. The van der Waals surface area contributed by atoms with Gasteiger partial charge in [0.1, 0.15) is 0 Å². The van der Waals surface area contributed by atoms with Crippen LogP contribution in [0.5, 0.6) is 0 Å². The van der Waals surface area contributed by atoms with Crippen LogP contribution in [-0.4, -0.2) is 16.0 Å². The van der Waals surface area contributed by atoms with Crippen molar-refractivity contribution in [2.75, 3.05) is 11.1 Å². The molecule has 1 heterocycles. The first kappa shape index (κ1) is 15.0. The van der Waals surface area contributed by atoms with E-state index in [2.05, 4.69) is 22.4 Å². The SMILES string of the molecule is CCCCSSc1nnc(Nc2ccc(Cl)cc2)s1.